The van der Waals surface area contributed by atoms with Gasteiger partial charge in [-0.05, 0) is 32.1 Å². The highest BCUT2D eigenvalue weighted by Gasteiger charge is 2.18. The third kappa shape index (κ3) is 53.9. The van der Waals surface area contributed by atoms with E-state index in [1.54, 1.807) is 6.08 Å². The number of aliphatic hydroxyl groups excluding tert-OH is 2. The van der Waals surface area contributed by atoms with Crippen LogP contribution in [0.25, 0.3) is 0 Å². The zero-order valence-electron chi connectivity index (χ0n) is 46.1. The first-order valence-electron chi connectivity index (χ1n) is 31.0. The number of allylic oxidation sites excluding steroid dienone is 1. The Bertz CT molecular complexity index is 1020. The molecule has 404 valence electrons. The first kappa shape index (κ1) is 66.6. The van der Waals surface area contributed by atoms with E-state index in [0.29, 0.717) is 19.4 Å². The minimum absolute atomic E-state index is 0.00650. The number of carbonyl (C=O) groups is 2. The van der Waals surface area contributed by atoms with Gasteiger partial charge in [-0.15, -0.1) is 0 Å². The highest BCUT2D eigenvalue weighted by Crippen LogP contribution is 2.18. The minimum atomic E-state index is -0.849. The summed E-state index contributed by atoms with van der Waals surface area (Å²) in [6, 6.07) is -0.633. The second-order valence-corrected chi connectivity index (χ2v) is 21.4. The topological polar surface area (TPSA) is 95.9 Å². The Morgan fingerprint density at radius 1 is 0.397 bits per heavy atom. The summed E-state index contributed by atoms with van der Waals surface area (Å²) >= 11 is 0. The fourth-order valence-electron chi connectivity index (χ4n) is 9.81. The zero-order chi connectivity index (χ0) is 49.3. The van der Waals surface area contributed by atoms with Gasteiger partial charge >= 0.3 is 5.97 Å². The second-order valence-electron chi connectivity index (χ2n) is 21.4. The Kier molecular flexibility index (Phi) is 57.0. The molecule has 6 nitrogen and oxygen atoms in total. The van der Waals surface area contributed by atoms with Gasteiger partial charge in [0.2, 0.25) is 5.91 Å². The summed E-state index contributed by atoms with van der Waals surface area (Å²) in [5.74, 6) is -0.0647. The van der Waals surface area contributed by atoms with E-state index in [-0.39, 0.29) is 18.5 Å². The molecule has 0 fully saturated rings. The molecule has 0 aliphatic rings. The lowest BCUT2D eigenvalue weighted by Crippen LogP contribution is -2.45. The van der Waals surface area contributed by atoms with Gasteiger partial charge in [-0.3, -0.25) is 9.59 Å². The Hall–Kier alpha value is -1.40. The number of ether oxygens (including phenoxy) is 1. The molecule has 0 radical (unpaired) electrons. The SMILES string of the molecule is CCCCCCCCCCCCCCCCCCC/C=C/C(O)C(CO)NC(=O)CCCCCCCCCCCCCCCCCCOC(=O)CCCCCCCCCCCCCCCCCC. The average Bonchev–Trinajstić information content (AvgIpc) is 3.34. The normalized spacial score (nSPS) is 12.6. The van der Waals surface area contributed by atoms with Crippen molar-refractivity contribution in [1.82, 2.24) is 5.32 Å². The number of carbonyl (C=O) groups excluding carboxylic acids is 2. The number of nitrogens with one attached hydrogen (secondary N) is 1. The van der Waals surface area contributed by atoms with Crippen molar-refractivity contribution in [2.24, 2.45) is 0 Å². The third-order valence-corrected chi connectivity index (χ3v) is 14.6. The quantitative estimate of drug-likeness (QED) is 0.0321. The maximum atomic E-state index is 12.5. The Balaban J connectivity index is 3.43. The molecule has 0 bridgehead atoms. The molecule has 0 heterocycles. The molecule has 0 rings (SSSR count). The number of aliphatic hydroxyl groups is 2. The Morgan fingerprint density at radius 3 is 1.00 bits per heavy atom. The third-order valence-electron chi connectivity index (χ3n) is 14.6. The van der Waals surface area contributed by atoms with Crippen LogP contribution in [0, 0.1) is 0 Å². The monoisotopic (exact) mass is 960 g/mol. The molecule has 3 N–H and O–H groups in total. The van der Waals surface area contributed by atoms with Crippen LogP contribution < -0.4 is 5.32 Å². The predicted molar refractivity (Wildman–Crippen MR) is 297 cm³/mol. The van der Waals surface area contributed by atoms with Crippen molar-refractivity contribution >= 4 is 11.9 Å². The molecule has 0 aliphatic heterocycles. The van der Waals surface area contributed by atoms with Crippen LogP contribution in [-0.4, -0.2) is 47.4 Å². The summed E-state index contributed by atoms with van der Waals surface area (Å²) < 4.78 is 5.49. The standard InChI is InChI=1S/C62H121NO5/c1-3-5-7-9-11-13-15-17-19-21-22-23-26-30-34-38-42-46-50-54-60(65)59(58-64)63-61(66)55-51-47-43-39-35-31-27-24-25-29-33-37-41-45-49-53-57-68-62(67)56-52-48-44-40-36-32-28-20-18-16-14-12-10-8-6-4-2/h50,54,59-60,64-65H,3-49,51-53,55-58H2,1-2H3,(H,63,66)/b54-50+. The maximum Gasteiger partial charge on any atom is 0.305 e. The largest absolute Gasteiger partial charge is 0.466 e. The number of unbranched alkanes of at least 4 members (excludes halogenated alkanes) is 47. The number of esters is 1. The molecule has 6 heteroatoms. The first-order valence-corrected chi connectivity index (χ1v) is 31.0. The van der Waals surface area contributed by atoms with Crippen molar-refractivity contribution in [2.45, 2.75) is 360 Å². The van der Waals surface area contributed by atoms with Gasteiger partial charge in [-0.1, -0.05) is 315 Å². The lowest BCUT2D eigenvalue weighted by atomic mass is 10.0. The maximum absolute atomic E-state index is 12.5. The zero-order valence-corrected chi connectivity index (χ0v) is 46.1. The summed E-state index contributed by atoms with van der Waals surface area (Å²) in [5, 5.41) is 23.2. The van der Waals surface area contributed by atoms with Crippen molar-refractivity contribution in [2.75, 3.05) is 13.2 Å². The lowest BCUT2D eigenvalue weighted by Gasteiger charge is -2.20. The van der Waals surface area contributed by atoms with Gasteiger partial charge in [0.1, 0.15) is 0 Å². The number of rotatable bonds is 58. The smallest absolute Gasteiger partial charge is 0.305 e. The molecule has 2 atom stereocenters. The van der Waals surface area contributed by atoms with Crippen LogP contribution in [-0.2, 0) is 14.3 Å². The number of hydrogen-bond donors (Lipinski definition) is 3. The van der Waals surface area contributed by atoms with Crippen LogP contribution >= 0.6 is 0 Å². The van der Waals surface area contributed by atoms with Crippen LogP contribution in [0.5, 0.6) is 0 Å². The molecular formula is C62H121NO5. The minimum Gasteiger partial charge on any atom is -0.466 e. The van der Waals surface area contributed by atoms with Gasteiger partial charge < -0.3 is 20.3 Å². The fourth-order valence-corrected chi connectivity index (χ4v) is 9.81. The van der Waals surface area contributed by atoms with Crippen LogP contribution in [0.1, 0.15) is 348 Å². The summed E-state index contributed by atoms with van der Waals surface area (Å²) in [6.45, 7) is 4.92. The van der Waals surface area contributed by atoms with Crippen LogP contribution in [0.4, 0.5) is 0 Å². The molecule has 0 saturated heterocycles. The molecule has 2 unspecified atom stereocenters. The van der Waals surface area contributed by atoms with Gasteiger partial charge in [0, 0.05) is 12.8 Å². The van der Waals surface area contributed by atoms with Crippen molar-refractivity contribution < 1.29 is 24.5 Å². The van der Waals surface area contributed by atoms with Gasteiger partial charge in [-0.2, -0.15) is 0 Å². The van der Waals surface area contributed by atoms with Crippen molar-refractivity contribution in [1.29, 1.82) is 0 Å². The van der Waals surface area contributed by atoms with E-state index in [0.717, 1.165) is 44.9 Å². The summed E-state index contributed by atoms with van der Waals surface area (Å²) in [6.07, 6.45) is 69.5. The van der Waals surface area contributed by atoms with Crippen LogP contribution in [0.15, 0.2) is 12.2 Å². The van der Waals surface area contributed by atoms with E-state index in [1.807, 2.05) is 6.08 Å². The molecule has 0 saturated carbocycles. The van der Waals surface area contributed by atoms with E-state index in [1.165, 1.54) is 276 Å². The molecule has 68 heavy (non-hydrogen) atoms. The first-order chi connectivity index (χ1) is 33.5. The summed E-state index contributed by atoms with van der Waals surface area (Å²) in [4.78, 5) is 24.6. The lowest BCUT2D eigenvalue weighted by molar-refractivity contribution is -0.143. The van der Waals surface area contributed by atoms with E-state index < -0.39 is 12.1 Å². The average molecular weight is 961 g/mol. The van der Waals surface area contributed by atoms with Crippen molar-refractivity contribution in [3.63, 3.8) is 0 Å². The van der Waals surface area contributed by atoms with Crippen LogP contribution in [0.3, 0.4) is 0 Å². The number of hydrogen-bond acceptors (Lipinski definition) is 5. The Morgan fingerprint density at radius 2 is 0.676 bits per heavy atom. The van der Waals surface area contributed by atoms with Crippen molar-refractivity contribution in [3.8, 4) is 0 Å². The van der Waals surface area contributed by atoms with Crippen molar-refractivity contribution in [3.05, 3.63) is 12.2 Å². The second kappa shape index (κ2) is 58.2. The highest BCUT2D eigenvalue weighted by molar-refractivity contribution is 5.76. The predicted octanol–water partition coefficient (Wildman–Crippen LogP) is 19.2. The molecule has 0 aliphatic carbocycles. The van der Waals surface area contributed by atoms with E-state index in [4.69, 9.17) is 4.74 Å². The Labute approximate surface area is 425 Å². The van der Waals surface area contributed by atoms with Gasteiger partial charge in [-0.25, -0.2) is 0 Å². The fraction of sp³-hybridized carbons (Fsp3) is 0.935. The highest BCUT2D eigenvalue weighted by atomic mass is 16.5. The number of amides is 1. The molecular weight excluding hydrogens is 839 g/mol. The van der Waals surface area contributed by atoms with Gasteiger partial charge in [0.25, 0.3) is 0 Å². The molecule has 1 amide bonds. The molecule has 0 aromatic carbocycles. The van der Waals surface area contributed by atoms with E-state index >= 15 is 0 Å². The molecule has 0 aromatic rings. The molecule has 0 aromatic heterocycles. The molecule has 0 spiro atoms. The summed E-state index contributed by atoms with van der Waals surface area (Å²) in [5.41, 5.74) is 0. The van der Waals surface area contributed by atoms with E-state index in [2.05, 4.69) is 19.2 Å². The van der Waals surface area contributed by atoms with E-state index in [9.17, 15) is 19.8 Å². The van der Waals surface area contributed by atoms with Gasteiger partial charge in [0.15, 0.2) is 0 Å². The van der Waals surface area contributed by atoms with Gasteiger partial charge in [0.05, 0.1) is 25.4 Å². The van der Waals surface area contributed by atoms with Crippen LogP contribution in [0.2, 0.25) is 0 Å². The summed E-state index contributed by atoms with van der Waals surface area (Å²) in [7, 11) is 0.